The second kappa shape index (κ2) is 7.03. The highest BCUT2D eigenvalue weighted by Crippen LogP contribution is 2.65. The predicted octanol–water partition coefficient (Wildman–Crippen LogP) is 6.57. The Morgan fingerprint density at radius 1 is 1.00 bits per heavy atom. The highest BCUT2D eigenvalue weighted by Gasteiger charge is 2.58. The van der Waals surface area contributed by atoms with E-state index in [1.807, 2.05) is 0 Å². The van der Waals surface area contributed by atoms with E-state index in [0.29, 0.717) is 21.0 Å². The molecule has 0 aromatic heterocycles. The van der Waals surface area contributed by atoms with Crippen LogP contribution < -0.4 is 5.32 Å². The fraction of sp³-hybridized carbons (Fsp3) is 0.480. The minimum atomic E-state index is -0.0745. The summed E-state index contributed by atoms with van der Waals surface area (Å²) < 4.78 is 0. The second-order valence-corrected chi connectivity index (χ2v) is 10.8. The van der Waals surface area contributed by atoms with Crippen LogP contribution in [0.5, 0.6) is 0 Å². The van der Waals surface area contributed by atoms with Gasteiger partial charge < -0.3 is 5.32 Å². The zero-order valence-corrected chi connectivity index (χ0v) is 18.3. The minimum Gasteiger partial charge on any atom is -0.351 e. The van der Waals surface area contributed by atoms with E-state index in [-0.39, 0.29) is 11.3 Å². The van der Waals surface area contributed by atoms with Crippen molar-refractivity contribution in [1.29, 1.82) is 0 Å². The SMILES string of the molecule is Cc1ccc(C23CC4CC(CC(CNC(=O)c5cc(Cl)cc(Cl)c5)(C4)C2)C3)cc1. The van der Waals surface area contributed by atoms with Gasteiger partial charge in [0.15, 0.2) is 0 Å². The van der Waals surface area contributed by atoms with Crippen molar-refractivity contribution in [3.05, 3.63) is 69.2 Å². The van der Waals surface area contributed by atoms with Crippen LogP contribution in [-0.4, -0.2) is 12.5 Å². The average molecular weight is 428 g/mol. The molecule has 2 aromatic rings. The van der Waals surface area contributed by atoms with E-state index in [4.69, 9.17) is 23.2 Å². The molecule has 2 atom stereocenters. The van der Waals surface area contributed by atoms with Gasteiger partial charge in [0, 0.05) is 22.2 Å². The molecule has 4 bridgehead atoms. The summed E-state index contributed by atoms with van der Waals surface area (Å²) in [6.45, 7) is 2.90. The first-order valence-corrected chi connectivity index (χ1v) is 11.4. The van der Waals surface area contributed by atoms with Crippen LogP contribution in [0.1, 0.15) is 60.0 Å². The molecule has 0 spiro atoms. The lowest BCUT2D eigenvalue weighted by molar-refractivity contribution is -0.0697. The molecule has 6 rings (SSSR count). The van der Waals surface area contributed by atoms with Gasteiger partial charge in [-0.2, -0.15) is 0 Å². The van der Waals surface area contributed by atoms with E-state index < -0.39 is 0 Å². The lowest BCUT2D eigenvalue weighted by Gasteiger charge is -2.62. The zero-order chi connectivity index (χ0) is 20.2. The summed E-state index contributed by atoms with van der Waals surface area (Å²) in [5.41, 5.74) is 3.88. The van der Waals surface area contributed by atoms with Gasteiger partial charge in [0.2, 0.25) is 0 Å². The molecule has 0 aliphatic heterocycles. The fourth-order valence-electron chi connectivity index (χ4n) is 6.96. The highest BCUT2D eigenvalue weighted by molar-refractivity contribution is 6.35. The Balaban J connectivity index is 1.37. The van der Waals surface area contributed by atoms with Crippen molar-refractivity contribution >= 4 is 29.1 Å². The topological polar surface area (TPSA) is 29.1 Å². The van der Waals surface area contributed by atoms with Gasteiger partial charge in [0.25, 0.3) is 5.91 Å². The van der Waals surface area contributed by atoms with E-state index in [2.05, 4.69) is 36.5 Å². The smallest absolute Gasteiger partial charge is 0.251 e. The Morgan fingerprint density at radius 3 is 2.24 bits per heavy atom. The third-order valence-corrected chi connectivity index (χ3v) is 8.03. The number of benzene rings is 2. The quantitative estimate of drug-likeness (QED) is 0.586. The summed E-state index contributed by atoms with van der Waals surface area (Å²) in [4.78, 5) is 12.8. The number of nitrogens with one attached hydrogen (secondary N) is 1. The predicted molar refractivity (Wildman–Crippen MR) is 119 cm³/mol. The van der Waals surface area contributed by atoms with E-state index in [0.717, 1.165) is 18.4 Å². The Labute approximate surface area is 183 Å². The maximum atomic E-state index is 12.8. The number of amides is 1. The third kappa shape index (κ3) is 3.59. The molecule has 2 aromatic carbocycles. The Bertz CT molecular complexity index is 918. The summed E-state index contributed by atoms with van der Waals surface area (Å²) in [6, 6.07) is 14.2. The van der Waals surface area contributed by atoms with Crippen molar-refractivity contribution in [3.8, 4) is 0 Å². The van der Waals surface area contributed by atoms with E-state index in [9.17, 15) is 4.79 Å². The first-order valence-electron chi connectivity index (χ1n) is 10.7. The molecule has 1 amide bonds. The molecular formula is C25H27Cl2NO. The molecule has 2 nitrogen and oxygen atoms in total. The van der Waals surface area contributed by atoms with Crippen LogP contribution in [-0.2, 0) is 5.41 Å². The summed E-state index contributed by atoms with van der Waals surface area (Å²) in [5, 5.41) is 4.22. The van der Waals surface area contributed by atoms with Crippen molar-refractivity contribution in [2.75, 3.05) is 6.54 Å². The van der Waals surface area contributed by atoms with Crippen molar-refractivity contribution in [3.63, 3.8) is 0 Å². The van der Waals surface area contributed by atoms with Crippen molar-refractivity contribution in [2.45, 2.75) is 50.9 Å². The number of aryl methyl sites for hydroxylation is 1. The number of carbonyl (C=O) groups excluding carboxylic acids is 1. The van der Waals surface area contributed by atoms with Gasteiger partial charge in [-0.15, -0.1) is 0 Å². The third-order valence-electron chi connectivity index (χ3n) is 7.59. The van der Waals surface area contributed by atoms with Crippen LogP contribution in [0.2, 0.25) is 10.0 Å². The zero-order valence-electron chi connectivity index (χ0n) is 16.8. The fourth-order valence-corrected chi connectivity index (χ4v) is 7.48. The van der Waals surface area contributed by atoms with Crippen molar-refractivity contribution < 1.29 is 4.79 Å². The van der Waals surface area contributed by atoms with Gasteiger partial charge in [-0.1, -0.05) is 53.0 Å². The monoisotopic (exact) mass is 427 g/mol. The summed E-state index contributed by atoms with van der Waals surface area (Å²) >= 11 is 12.2. The molecule has 0 heterocycles. The standard InChI is InChI=1S/C25H27Cl2NO/c1-16-2-4-20(5-3-16)25-12-17-6-18(13-25)11-24(10-17,14-25)15-28-23(29)19-7-21(26)9-22(27)8-19/h2-5,7-9,17-18H,6,10-15H2,1H3,(H,28,29). The van der Waals surface area contributed by atoms with Gasteiger partial charge >= 0.3 is 0 Å². The number of rotatable bonds is 4. The van der Waals surface area contributed by atoms with E-state index >= 15 is 0 Å². The van der Waals surface area contributed by atoms with E-state index in [1.165, 1.54) is 49.7 Å². The molecule has 2 unspecified atom stereocenters. The number of hydrogen-bond acceptors (Lipinski definition) is 1. The first-order chi connectivity index (χ1) is 13.8. The molecule has 0 radical (unpaired) electrons. The lowest BCUT2D eigenvalue weighted by atomic mass is 9.43. The van der Waals surface area contributed by atoms with Crippen LogP contribution in [0.15, 0.2) is 42.5 Å². The Hall–Kier alpha value is -1.51. The minimum absolute atomic E-state index is 0.0745. The normalized spacial score (nSPS) is 32.4. The molecule has 152 valence electrons. The number of hydrogen-bond donors (Lipinski definition) is 1. The van der Waals surface area contributed by atoms with Gasteiger partial charge in [-0.25, -0.2) is 0 Å². The van der Waals surface area contributed by atoms with Crippen LogP contribution in [0, 0.1) is 24.2 Å². The highest BCUT2D eigenvalue weighted by atomic mass is 35.5. The summed E-state index contributed by atoms with van der Waals surface area (Å²) in [7, 11) is 0. The molecule has 4 saturated carbocycles. The maximum Gasteiger partial charge on any atom is 0.251 e. The number of carbonyl (C=O) groups is 1. The first kappa shape index (κ1) is 19.5. The lowest BCUT2D eigenvalue weighted by Crippen LogP contribution is -2.57. The van der Waals surface area contributed by atoms with Gasteiger partial charge in [0.05, 0.1) is 0 Å². The largest absolute Gasteiger partial charge is 0.351 e. The van der Waals surface area contributed by atoms with E-state index in [1.54, 1.807) is 18.2 Å². The average Bonchev–Trinajstić information content (AvgIpc) is 2.65. The molecular weight excluding hydrogens is 401 g/mol. The summed E-state index contributed by atoms with van der Waals surface area (Å²) in [5.74, 6) is 1.50. The maximum absolute atomic E-state index is 12.8. The molecule has 4 aliphatic carbocycles. The van der Waals surface area contributed by atoms with Crippen molar-refractivity contribution in [1.82, 2.24) is 5.32 Å². The molecule has 4 heteroatoms. The van der Waals surface area contributed by atoms with Crippen LogP contribution in [0.4, 0.5) is 0 Å². The summed E-state index contributed by atoms with van der Waals surface area (Å²) in [6.07, 6.45) is 7.67. The van der Waals surface area contributed by atoms with Crippen LogP contribution in [0.25, 0.3) is 0 Å². The second-order valence-electron chi connectivity index (χ2n) is 9.95. The van der Waals surface area contributed by atoms with Gasteiger partial charge in [-0.05, 0) is 91.9 Å². The molecule has 4 aliphatic rings. The molecule has 0 saturated heterocycles. The Kier molecular flexibility index (Phi) is 4.71. The van der Waals surface area contributed by atoms with Gasteiger partial charge in [0.1, 0.15) is 0 Å². The van der Waals surface area contributed by atoms with Crippen molar-refractivity contribution in [2.24, 2.45) is 17.3 Å². The van der Waals surface area contributed by atoms with Crippen LogP contribution in [0.3, 0.4) is 0 Å². The van der Waals surface area contributed by atoms with Crippen LogP contribution >= 0.6 is 23.2 Å². The van der Waals surface area contributed by atoms with Gasteiger partial charge in [-0.3, -0.25) is 4.79 Å². The molecule has 1 N–H and O–H groups in total. The molecule has 29 heavy (non-hydrogen) atoms. The number of halogens is 2. The Morgan fingerprint density at radius 2 is 1.62 bits per heavy atom. The molecule has 4 fully saturated rings.